The van der Waals surface area contributed by atoms with Gasteiger partial charge in [0.1, 0.15) is 23.2 Å². The van der Waals surface area contributed by atoms with Crippen molar-refractivity contribution in [1.29, 1.82) is 0 Å². The molecule has 1 aliphatic carbocycles. The van der Waals surface area contributed by atoms with E-state index in [1.165, 1.54) is 12.1 Å². The summed E-state index contributed by atoms with van der Waals surface area (Å²) in [6, 6.07) is 8.69. The van der Waals surface area contributed by atoms with Crippen LogP contribution in [0.25, 0.3) is 22.5 Å². The van der Waals surface area contributed by atoms with Crippen LogP contribution in [0.15, 0.2) is 48.7 Å². The largest absolute Gasteiger partial charge is 0.341 e. The smallest absolute Gasteiger partial charge is 0.139 e. The number of aromatic nitrogens is 3. The van der Waals surface area contributed by atoms with Crippen molar-refractivity contribution in [3.8, 4) is 22.5 Å². The van der Waals surface area contributed by atoms with Gasteiger partial charge in [0.15, 0.2) is 0 Å². The van der Waals surface area contributed by atoms with Gasteiger partial charge in [0.2, 0.25) is 0 Å². The number of rotatable bonds is 1. The van der Waals surface area contributed by atoms with Crippen LogP contribution in [-0.2, 0) is 0 Å². The molecule has 0 saturated carbocycles. The summed E-state index contributed by atoms with van der Waals surface area (Å²) in [5, 5.41) is 3.25. The van der Waals surface area contributed by atoms with E-state index in [2.05, 4.69) is 27.4 Å². The quantitative estimate of drug-likeness (QED) is 0.473. The number of H-pyrrole nitrogens is 1. The van der Waals surface area contributed by atoms with Gasteiger partial charge in [0, 0.05) is 23.2 Å². The van der Waals surface area contributed by atoms with E-state index in [4.69, 9.17) is 4.98 Å². The van der Waals surface area contributed by atoms with Crippen LogP contribution in [0.4, 0.5) is 15.9 Å². The standard InChI is InChI=1S/C20H17FN4/c21-13-8-9-14-16(11-13)23-20-15(7-4-10-22-20)18-17(14)24-19(25-18)12-5-2-1-3-6-12/h1-2,4,7-12H,3,5-6H2,(H,22,23)(H,24,25). The summed E-state index contributed by atoms with van der Waals surface area (Å²) in [6.07, 6.45) is 9.36. The molecule has 25 heavy (non-hydrogen) atoms. The Morgan fingerprint density at radius 1 is 1.12 bits per heavy atom. The van der Waals surface area contributed by atoms with E-state index in [0.717, 1.165) is 47.6 Å². The van der Waals surface area contributed by atoms with Gasteiger partial charge in [-0.1, -0.05) is 12.2 Å². The second-order valence-electron chi connectivity index (χ2n) is 6.54. The molecule has 1 aliphatic heterocycles. The highest BCUT2D eigenvalue weighted by Crippen LogP contribution is 2.43. The molecule has 5 heteroatoms. The molecule has 124 valence electrons. The zero-order chi connectivity index (χ0) is 16.8. The first-order valence-corrected chi connectivity index (χ1v) is 8.57. The summed E-state index contributed by atoms with van der Waals surface area (Å²) >= 11 is 0. The second kappa shape index (κ2) is 5.55. The van der Waals surface area contributed by atoms with Crippen molar-refractivity contribution in [2.24, 2.45) is 0 Å². The Morgan fingerprint density at radius 2 is 2.08 bits per heavy atom. The van der Waals surface area contributed by atoms with Gasteiger partial charge in [-0.15, -0.1) is 0 Å². The van der Waals surface area contributed by atoms with Crippen LogP contribution in [0.5, 0.6) is 0 Å². The Balaban J connectivity index is 1.74. The highest BCUT2D eigenvalue weighted by atomic mass is 19.1. The summed E-state index contributed by atoms with van der Waals surface area (Å²) in [7, 11) is 0. The lowest BCUT2D eigenvalue weighted by atomic mass is 9.94. The lowest BCUT2D eigenvalue weighted by Crippen LogP contribution is -2.03. The van der Waals surface area contributed by atoms with Crippen LogP contribution in [0.1, 0.15) is 31.0 Å². The maximum Gasteiger partial charge on any atom is 0.139 e. The number of aromatic amines is 1. The minimum Gasteiger partial charge on any atom is -0.341 e. The van der Waals surface area contributed by atoms with Gasteiger partial charge in [-0.2, -0.15) is 0 Å². The SMILES string of the molecule is Fc1ccc2c(c1)Nc1ncccc1-c1nc(C3CC=CCC3)[nH]c1-2. The molecule has 5 rings (SSSR count). The van der Waals surface area contributed by atoms with Crippen LogP contribution >= 0.6 is 0 Å². The molecular weight excluding hydrogens is 315 g/mol. The number of halogens is 1. The van der Waals surface area contributed by atoms with Crippen LogP contribution in [0, 0.1) is 5.82 Å². The third kappa shape index (κ3) is 2.35. The Morgan fingerprint density at radius 3 is 2.96 bits per heavy atom. The fourth-order valence-electron chi connectivity index (χ4n) is 3.68. The average Bonchev–Trinajstić information content (AvgIpc) is 3.03. The number of nitrogens with one attached hydrogen (secondary N) is 2. The molecule has 4 nitrogen and oxygen atoms in total. The average molecular weight is 332 g/mol. The molecule has 2 aromatic heterocycles. The number of hydrogen-bond acceptors (Lipinski definition) is 3. The van der Waals surface area contributed by atoms with E-state index < -0.39 is 0 Å². The molecule has 1 aromatic carbocycles. The van der Waals surface area contributed by atoms with Crippen LogP contribution in [0.2, 0.25) is 0 Å². The van der Waals surface area contributed by atoms with Crippen molar-refractivity contribution in [2.75, 3.05) is 5.32 Å². The molecule has 0 spiro atoms. The highest BCUT2D eigenvalue weighted by molar-refractivity contribution is 5.94. The molecule has 1 unspecified atom stereocenters. The van der Waals surface area contributed by atoms with Crippen molar-refractivity contribution in [1.82, 2.24) is 15.0 Å². The van der Waals surface area contributed by atoms with Gasteiger partial charge in [-0.25, -0.2) is 14.4 Å². The summed E-state index contributed by atoms with van der Waals surface area (Å²) in [4.78, 5) is 12.9. The van der Waals surface area contributed by atoms with E-state index in [-0.39, 0.29) is 5.82 Å². The van der Waals surface area contributed by atoms with Crippen molar-refractivity contribution in [2.45, 2.75) is 25.2 Å². The number of pyridine rings is 1. The molecule has 0 bridgehead atoms. The van der Waals surface area contributed by atoms with Crippen molar-refractivity contribution in [3.63, 3.8) is 0 Å². The molecule has 0 radical (unpaired) electrons. The van der Waals surface area contributed by atoms with Gasteiger partial charge < -0.3 is 10.3 Å². The first-order chi connectivity index (χ1) is 12.3. The van der Waals surface area contributed by atoms with E-state index in [1.54, 1.807) is 12.3 Å². The zero-order valence-electron chi connectivity index (χ0n) is 13.6. The second-order valence-corrected chi connectivity index (χ2v) is 6.54. The van der Waals surface area contributed by atoms with Crippen molar-refractivity contribution < 1.29 is 4.39 Å². The van der Waals surface area contributed by atoms with Crippen LogP contribution in [0.3, 0.4) is 0 Å². The fraction of sp³-hybridized carbons (Fsp3) is 0.200. The molecule has 1 atom stereocenters. The number of hydrogen-bond donors (Lipinski definition) is 2. The Bertz CT molecular complexity index is 989. The van der Waals surface area contributed by atoms with Gasteiger partial charge >= 0.3 is 0 Å². The maximum absolute atomic E-state index is 13.8. The molecule has 2 N–H and O–H groups in total. The molecular formula is C20H17FN4. The van der Waals surface area contributed by atoms with Crippen molar-refractivity contribution in [3.05, 3.63) is 60.3 Å². The van der Waals surface area contributed by atoms with E-state index >= 15 is 0 Å². The molecule has 3 aromatic rings. The van der Waals surface area contributed by atoms with E-state index in [9.17, 15) is 4.39 Å². The monoisotopic (exact) mass is 332 g/mol. The predicted molar refractivity (Wildman–Crippen MR) is 96.2 cm³/mol. The van der Waals surface area contributed by atoms with Crippen LogP contribution in [-0.4, -0.2) is 15.0 Å². The normalized spacial score (nSPS) is 17.9. The Labute approximate surface area is 144 Å². The van der Waals surface area contributed by atoms with E-state index in [0.29, 0.717) is 17.4 Å². The van der Waals surface area contributed by atoms with Gasteiger partial charge in [-0.3, -0.25) is 0 Å². The lowest BCUT2D eigenvalue weighted by Gasteiger charge is -2.15. The van der Waals surface area contributed by atoms with Gasteiger partial charge in [0.05, 0.1) is 11.4 Å². The summed E-state index contributed by atoms with van der Waals surface area (Å²) in [5.74, 6) is 1.83. The third-order valence-corrected chi connectivity index (χ3v) is 4.94. The molecule has 0 amide bonds. The number of fused-ring (bicyclic) bond motifs is 5. The van der Waals surface area contributed by atoms with Crippen molar-refractivity contribution >= 4 is 11.5 Å². The number of benzene rings is 1. The summed E-state index contributed by atoms with van der Waals surface area (Å²) in [6.45, 7) is 0. The summed E-state index contributed by atoms with van der Waals surface area (Å²) in [5.41, 5.74) is 4.37. The Hall–Kier alpha value is -2.95. The molecule has 3 heterocycles. The van der Waals surface area contributed by atoms with Crippen LogP contribution < -0.4 is 5.32 Å². The molecule has 0 fully saturated rings. The first-order valence-electron chi connectivity index (χ1n) is 8.57. The minimum absolute atomic E-state index is 0.274. The van der Waals surface area contributed by atoms with Gasteiger partial charge in [0.25, 0.3) is 0 Å². The number of anilines is 2. The topological polar surface area (TPSA) is 53.6 Å². The fourth-order valence-corrected chi connectivity index (χ4v) is 3.68. The lowest BCUT2D eigenvalue weighted by molar-refractivity contribution is 0.589. The van der Waals surface area contributed by atoms with E-state index in [1.807, 2.05) is 12.1 Å². The minimum atomic E-state index is -0.274. The molecule has 2 aliphatic rings. The molecule has 0 saturated heterocycles. The Kier molecular flexibility index (Phi) is 3.20. The zero-order valence-corrected chi connectivity index (χ0v) is 13.6. The number of allylic oxidation sites excluding steroid dienone is 2. The number of imidazole rings is 1. The van der Waals surface area contributed by atoms with Gasteiger partial charge in [-0.05, 0) is 49.6 Å². The highest BCUT2D eigenvalue weighted by Gasteiger charge is 2.26. The first kappa shape index (κ1) is 14.4. The predicted octanol–water partition coefficient (Wildman–Crippen LogP) is 5.16. The third-order valence-electron chi connectivity index (χ3n) is 4.94. The maximum atomic E-state index is 13.8. The number of nitrogens with zero attached hydrogens (tertiary/aromatic N) is 2. The summed E-state index contributed by atoms with van der Waals surface area (Å²) < 4.78 is 13.8.